The van der Waals surface area contributed by atoms with Crippen LogP contribution in [0.2, 0.25) is 0 Å². The van der Waals surface area contributed by atoms with Gasteiger partial charge in [0.05, 0.1) is 22.8 Å². The molecule has 0 fully saturated rings. The fourth-order valence-corrected chi connectivity index (χ4v) is 4.99. The second-order valence-corrected chi connectivity index (χ2v) is 9.98. The molecule has 0 unspecified atom stereocenters. The van der Waals surface area contributed by atoms with E-state index in [0.717, 1.165) is 78.3 Å². The molecule has 3 aromatic heterocycles. The molecule has 5 heterocycles. The van der Waals surface area contributed by atoms with Crippen LogP contribution in [0.4, 0.5) is 0 Å². The summed E-state index contributed by atoms with van der Waals surface area (Å²) >= 11 is 0. The van der Waals surface area contributed by atoms with Crippen LogP contribution in [-0.4, -0.2) is 21.8 Å². The van der Waals surface area contributed by atoms with E-state index in [1.54, 1.807) is 0 Å². The van der Waals surface area contributed by atoms with E-state index in [9.17, 15) is 9.59 Å². The Bertz CT molecular complexity index is 1720. The zero-order valence-electron chi connectivity index (χ0n) is 22.4. The Kier molecular flexibility index (Phi) is 7.94. The summed E-state index contributed by atoms with van der Waals surface area (Å²) in [6.07, 6.45) is 3.39. The van der Waals surface area contributed by atoms with Crippen molar-refractivity contribution >= 4 is 56.7 Å². The van der Waals surface area contributed by atoms with Crippen molar-refractivity contribution < 1.29 is 26.4 Å². The summed E-state index contributed by atoms with van der Waals surface area (Å²) < 4.78 is 0. The number of primary amides is 2. The average molecular weight is 566 g/mol. The molecule has 0 spiro atoms. The number of aromatic nitrogens is 4. The number of carbonyl (C=O) groups excluding carboxylic acids is 2. The summed E-state index contributed by atoms with van der Waals surface area (Å²) in [5.74, 6) is -0.737. The zero-order valence-corrected chi connectivity index (χ0v) is 23.4. The van der Waals surface area contributed by atoms with Crippen molar-refractivity contribution in [3.8, 4) is 0 Å². The first kappa shape index (κ1) is 28.1. The van der Waals surface area contributed by atoms with Gasteiger partial charge in [0.1, 0.15) is 0 Å². The van der Waals surface area contributed by atoms with Crippen LogP contribution in [0.15, 0.2) is 30.3 Å². The average Bonchev–Trinajstić information content (AvgIpc) is 3.53. The number of rotatable bonds is 6. The third-order valence-corrected chi connectivity index (χ3v) is 7.17. The Balaban J connectivity index is 0.00000353. The van der Waals surface area contributed by atoms with Gasteiger partial charge in [0.25, 0.3) is 0 Å². The van der Waals surface area contributed by atoms with Crippen LogP contribution in [0.3, 0.4) is 0 Å². The Labute approximate surface area is 237 Å². The number of allylic oxidation sites excluding steroid dienone is 3. The van der Waals surface area contributed by atoms with Gasteiger partial charge in [-0.05, 0) is 63.3 Å². The van der Waals surface area contributed by atoms with Gasteiger partial charge in [-0.3, -0.25) is 9.59 Å². The number of nitrogens with zero attached hydrogens (tertiary/aromatic N) is 4. The van der Waals surface area contributed by atoms with Crippen molar-refractivity contribution in [3.63, 3.8) is 0 Å². The van der Waals surface area contributed by atoms with Crippen LogP contribution in [-0.2, 0) is 32.8 Å². The summed E-state index contributed by atoms with van der Waals surface area (Å²) in [5.41, 5.74) is 23.2. The summed E-state index contributed by atoms with van der Waals surface area (Å²) in [4.78, 5) is 42.8. The van der Waals surface area contributed by atoms with Crippen molar-refractivity contribution in [1.82, 2.24) is 19.9 Å². The molecule has 0 atom stereocenters. The van der Waals surface area contributed by atoms with E-state index in [4.69, 9.17) is 31.4 Å². The van der Waals surface area contributed by atoms with Crippen LogP contribution in [0, 0.1) is 13.8 Å². The molecule has 39 heavy (non-hydrogen) atoms. The standard InChI is InChI=1S/C30H32N6O2.Co/c1-15-9-20-12-25-17(3)21(5-7-29(31)37)27(35-25)14-28-22(6-8-30(32)38)18(4)26(36-28)13-24-16(2)10-19(34-24)11-23(15)33-20;/h9-14H,5-8H2,1-4H3,(H6,31,32,33,34,35,36,37,38);/q;+2/p-2. The fourth-order valence-electron chi connectivity index (χ4n) is 4.99. The summed E-state index contributed by atoms with van der Waals surface area (Å²) in [5, 5.41) is 0. The molecule has 4 N–H and O–H groups in total. The quantitative estimate of drug-likeness (QED) is 0.455. The molecule has 2 amide bonds. The van der Waals surface area contributed by atoms with E-state index in [-0.39, 0.29) is 41.4 Å². The third-order valence-electron chi connectivity index (χ3n) is 7.17. The fraction of sp³-hybridized carbons (Fsp3) is 0.267. The van der Waals surface area contributed by atoms with Crippen molar-refractivity contribution in [2.45, 2.75) is 53.4 Å². The molecule has 9 heteroatoms. The van der Waals surface area contributed by atoms with Gasteiger partial charge >= 0.3 is 16.8 Å². The van der Waals surface area contributed by atoms with Crippen LogP contribution in [0.5, 0.6) is 0 Å². The van der Waals surface area contributed by atoms with Crippen LogP contribution < -0.4 is 21.4 Å². The van der Waals surface area contributed by atoms with Crippen LogP contribution >= 0.6 is 0 Å². The van der Waals surface area contributed by atoms with Crippen LogP contribution in [0.25, 0.3) is 44.9 Å². The number of hydrogen-bond donors (Lipinski definition) is 2. The van der Waals surface area contributed by atoms with Gasteiger partial charge in [-0.1, -0.05) is 47.0 Å². The second kappa shape index (κ2) is 11.0. The van der Waals surface area contributed by atoms with Crippen molar-refractivity contribution in [2.75, 3.05) is 0 Å². The van der Waals surface area contributed by atoms with Crippen molar-refractivity contribution in [3.05, 3.63) is 69.8 Å². The number of hydrogen-bond acceptors (Lipinski definition) is 4. The van der Waals surface area contributed by atoms with Gasteiger partial charge in [-0.15, -0.1) is 22.1 Å². The molecule has 8 bridgehead atoms. The summed E-state index contributed by atoms with van der Waals surface area (Å²) in [7, 11) is 0. The first-order valence-electron chi connectivity index (χ1n) is 12.7. The normalized spacial score (nSPS) is 12.8. The van der Waals surface area contributed by atoms with E-state index in [0.29, 0.717) is 12.8 Å². The number of nitrogens with two attached hydrogens (primary N) is 2. The monoisotopic (exact) mass is 565 g/mol. The minimum absolute atomic E-state index is 0. The molecule has 2 aliphatic heterocycles. The maximum absolute atomic E-state index is 11.6. The Hall–Kier alpha value is -3.95. The van der Waals surface area contributed by atoms with Gasteiger partial charge in [0.2, 0.25) is 11.8 Å². The Morgan fingerprint density at radius 3 is 2.18 bits per heavy atom. The molecule has 0 aliphatic carbocycles. The molecule has 3 aromatic rings. The SMILES string of the molecule is CC1=Cc2cc3[n-]c(cc4nc(cc5[n-]c(cc1n2)cc5C)C(C)=C4CCC(N)=O)c(CCC(N)=O)c3C.[Co+2]. The van der Waals surface area contributed by atoms with Gasteiger partial charge in [-0.25, -0.2) is 9.97 Å². The summed E-state index contributed by atoms with van der Waals surface area (Å²) in [6.45, 7) is 8.05. The van der Waals surface area contributed by atoms with Crippen molar-refractivity contribution in [2.24, 2.45) is 11.5 Å². The van der Waals surface area contributed by atoms with E-state index in [1.807, 2.05) is 64.1 Å². The molecular weight excluding hydrogens is 535 g/mol. The van der Waals surface area contributed by atoms with E-state index >= 15 is 0 Å². The molecule has 201 valence electrons. The molecule has 0 saturated heterocycles. The number of fused-ring (bicyclic) bond motifs is 8. The van der Waals surface area contributed by atoms with E-state index in [1.165, 1.54) is 0 Å². The predicted octanol–water partition coefficient (Wildman–Crippen LogP) is 4.36. The largest absolute Gasteiger partial charge is 2.00 e. The van der Waals surface area contributed by atoms with Crippen molar-refractivity contribution in [1.29, 1.82) is 0 Å². The Morgan fingerprint density at radius 1 is 0.769 bits per heavy atom. The smallest absolute Gasteiger partial charge is 0.658 e. The first-order valence-corrected chi connectivity index (χ1v) is 12.7. The minimum atomic E-state index is -0.368. The maximum Gasteiger partial charge on any atom is 2.00 e. The van der Waals surface area contributed by atoms with Gasteiger partial charge in [0, 0.05) is 12.8 Å². The number of aryl methyl sites for hydroxylation is 3. The van der Waals surface area contributed by atoms with E-state index < -0.39 is 0 Å². The molecule has 2 aliphatic rings. The Morgan fingerprint density at radius 2 is 1.46 bits per heavy atom. The van der Waals surface area contributed by atoms with E-state index in [2.05, 4.69) is 0 Å². The minimum Gasteiger partial charge on any atom is -0.658 e. The van der Waals surface area contributed by atoms with Gasteiger partial charge in [0.15, 0.2) is 0 Å². The second-order valence-electron chi connectivity index (χ2n) is 9.98. The first-order chi connectivity index (χ1) is 18.1. The summed E-state index contributed by atoms with van der Waals surface area (Å²) in [6, 6.07) is 9.91. The third kappa shape index (κ3) is 5.74. The maximum atomic E-state index is 11.6. The van der Waals surface area contributed by atoms with Crippen LogP contribution in [0.1, 0.15) is 72.6 Å². The predicted molar refractivity (Wildman–Crippen MR) is 150 cm³/mol. The molecule has 1 radical (unpaired) electrons. The molecule has 0 saturated carbocycles. The zero-order chi connectivity index (χ0) is 27.1. The van der Waals surface area contributed by atoms with Gasteiger partial charge in [-0.2, -0.15) is 0 Å². The molecule has 5 rings (SSSR count). The molecular formula is C30H30CoN6O2. The topological polar surface area (TPSA) is 140 Å². The van der Waals surface area contributed by atoms with Gasteiger partial charge < -0.3 is 21.4 Å². The number of carbonyl (C=O) groups is 2. The number of amides is 2. The molecule has 8 nitrogen and oxygen atoms in total. The molecule has 0 aromatic carbocycles.